The maximum absolute atomic E-state index is 10.7. The summed E-state index contributed by atoms with van der Waals surface area (Å²) < 4.78 is 4.69. The van der Waals surface area contributed by atoms with Gasteiger partial charge in [0.05, 0.1) is 12.2 Å². The minimum Gasteiger partial charge on any atom is -0.477 e. The highest BCUT2D eigenvalue weighted by Crippen LogP contribution is 2.29. The first-order valence-electron chi connectivity index (χ1n) is 4.69. The fourth-order valence-corrected chi connectivity index (χ4v) is 1.54. The maximum atomic E-state index is 10.7. The molecule has 5 unspecified atom stereocenters. The Morgan fingerprint density at radius 1 is 1.56 bits per heavy atom. The zero-order valence-electron chi connectivity index (χ0n) is 8.35. The van der Waals surface area contributed by atoms with E-state index in [1.54, 1.807) is 0 Å². The molecular formula is C8H15NO7. The van der Waals surface area contributed by atoms with E-state index in [9.17, 15) is 25.2 Å². The molecule has 1 heterocycles. The molecule has 0 aliphatic carbocycles. The number of aliphatic hydroxyl groups excluding tert-OH is 3. The predicted octanol–water partition coefficient (Wildman–Crippen LogP) is -3.41. The van der Waals surface area contributed by atoms with Crippen LogP contribution in [0, 0.1) is 0 Å². The number of carbonyl (C=O) groups is 1. The van der Waals surface area contributed by atoms with Gasteiger partial charge in [-0.25, -0.2) is 4.79 Å². The van der Waals surface area contributed by atoms with Gasteiger partial charge in [0, 0.05) is 13.0 Å². The molecule has 16 heavy (non-hydrogen) atoms. The Labute approximate surface area is 90.9 Å². The zero-order chi connectivity index (χ0) is 12.5. The Morgan fingerprint density at radius 2 is 2.12 bits per heavy atom. The molecule has 1 aliphatic heterocycles. The van der Waals surface area contributed by atoms with Crippen LogP contribution < -0.4 is 5.73 Å². The van der Waals surface area contributed by atoms with Crippen LogP contribution in [0.2, 0.25) is 0 Å². The van der Waals surface area contributed by atoms with Crippen molar-refractivity contribution in [2.45, 2.75) is 36.6 Å². The quantitative estimate of drug-likeness (QED) is 0.297. The molecule has 8 nitrogen and oxygen atoms in total. The van der Waals surface area contributed by atoms with Crippen molar-refractivity contribution in [3.05, 3.63) is 0 Å². The summed E-state index contributed by atoms with van der Waals surface area (Å²) in [5, 5.41) is 46.4. The minimum atomic E-state index is -2.63. The third-order valence-electron chi connectivity index (χ3n) is 2.50. The average molecular weight is 237 g/mol. The van der Waals surface area contributed by atoms with Gasteiger partial charge in [-0.2, -0.15) is 0 Å². The van der Waals surface area contributed by atoms with Crippen molar-refractivity contribution >= 4 is 5.97 Å². The molecular weight excluding hydrogens is 222 g/mol. The smallest absolute Gasteiger partial charge is 0.364 e. The number of aliphatic hydroxyl groups is 4. The highest BCUT2D eigenvalue weighted by Gasteiger charge is 2.51. The van der Waals surface area contributed by atoms with Crippen LogP contribution in [0.15, 0.2) is 0 Å². The van der Waals surface area contributed by atoms with E-state index >= 15 is 0 Å². The number of rotatable bonds is 3. The highest BCUT2D eigenvalue weighted by atomic mass is 16.7. The predicted molar refractivity (Wildman–Crippen MR) is 49.2 cm³/mol. The Balaban J connectivity index is 2.89. The topological polar surface area (TPSA) is 153 Å². The second-order valence-electron chi connectivity index (χ2n) is 3.74. The average Bonchev–Trinajstić information content (AvgIpc) is 2.22. The van der Waals surface area contributed by atoms with E-state index in [1.165, 1.54) is 0 Å². The molecule has 1 saturated heterocycles. The maximum Gasteiger partial charge on any atom is 0.364 e. The molecule has 0 aromatic rings. The van der Waals surface area contributed by atoms with Gasteiger partial charge in [-0.3, -0.25) is 0 Å². The summed E-state index contributed by atoms with van der Waals surface area (Å²) in [4.78, 5) is 10.7. The van der Waals surface area contributed by atoms with Crippen molar-refractivity contribution in [1.82, 2.24) is 0 Å². The van der Waals surface area contributed by atoms with Gasteiger partial charge < -0.3 is 36.0 Å². The summed E-state index contributed by atoms with van der Waals surface area (Å²) >= 11 is 0. The Kier molecular flexibility index (Phi) is 3.84. The third-order valence-corrected chi connectivity index (χ3v) is 2.50. The van der Waals surface area contributed by atoms with E-state index in [1.807, 2.05) is 0 Å². The van der Waals surface area contributed by atoms with Crippen LogP contribution in [0.3, 0.4) is 0 Å². The molecule has 0 radical (unpaired) electrons. The van der Waals surface area contributed by atoms with Gasteiger partial charge in [0.25, 0.3) is 5.79 Å². The second kappa shape index (κ2) is 4.62. The molecule has 0 aromatic carbocycles. The van der Waals surface area contributed by atoms with E-state index < -0.39 is 42.6 Å². The molecule has 5 atom stereocenters. The first-order chi connectivity index (χ1) is 7.31. The largest absolute Gasteiger partial charge is 0.477 e. The highest BCUT2D eigenvalue weighted by molar-refractivity contribution is 5.75. The summed E-state index contributed by atoms with van der Waals surface area (Å²) in [6.07, 6.45) is -6.53. The summed E-state index contributed by atoms with van der Waals surface area (Å²) in [5.74, 6) is -4.33. The monoisotopic (exact) mass is 237 g/mol. The van der Waals surface area contributed by atoms with Gasteiger partial charge in [0.1, 0.15) is 12.2 Å². The molecule has 0 aromatic heterocycles. The lowest BCUT2D eigenvalue weighted by molar-refractivity contribution is -0.306. The molecule has 1 rings (SSSR count). The summed E-state index contributed by atoms with van der Waals surface area (Å²) in [6.45, 7) is -0.301. The molecule has 1 aliphatic rings. The SMILES string of the molecule is NCC(O)C1OC(O)(C(=O)O)CC(O)C1O. The van der Waals surface area contributed by atoms with Crippen LogP contribution >= 0.6 is 0 Å². The summed E-state index contributed by atoms with van der Waals surface area (Å²) in [6, 6.07) is 0. The molecule has 0 bridgehead atoms. The number of hydrogen-bond donors (Lipinski definition) is 6. The summed E-state index contributed by atoms with van der Waals surface area (Å²) in [5.41, 5.74) is 5.12. The van der Waals surface area contributed by atoms with E-state index in [-0.39, 0.29) is 6.54 Å². The van der Waals surface area contributed by atoms with E-state index in [0.29, 0.717) is 0 Å². The Hall–Kier alpha value is -0.770. The lowest BCUT2D eigenvalue weighted by Gasteiger charge is -2.41. The lowest BCUT2D eigenvalue weighted by Crippen LogP contribution is -2.62. The van der Waals surface area contributed by atoms with Gasteiger partial charge in [0.2, 0.25) is 0 Å². The zero-order valence-corrected chi connectivity index (χ0v) is 8.35. The van der Waals surface area contributed by atoms with Gasteiger partial charge in [-0.05, 0) is 0 Å². The molecule has 0 spiro atoms. The molecule has 1 fully saturated rings. The standard InChI is InChI=1S/C8H15NO7/c9-2-4(11)6-5(12)3(10)1-8(15,16-6)7(13)14/h3-6,10-12,15H,1-2,9H2,(H,13,14). The van der Waals surface area contributed by atoms with Crippen LogP contribution in [0.1, 0.15) is 6.42 Å². The van der Waals surface area contributed by atoms with Gasteiger partial charge in [0.15, 0.2) is 0 Å². The van der Waals surface area contributed by atoms with Gasteiger partial charge in [-0.15, -0.1) is 0 Å². The second-order valence-corrected chi connectivity index (χ2v) is 3.74. The van der Waals surface area contributed by atoms with Crippen molar-refractivity contribution in [1.29, 1.82) is 0 Å². The van der Waals surface area contributed by atoms with Crippen molar-refractivity contribution in [3.8, 4) is 0 Å². The van der Waals surface area contributed by atoms with E-state index in [2.05, 4.69) is 4.74 Å². The van der Waals surface area contributed by atoms with E-state index in [4.69, 9.17) is 10.8 Å². The Bertz CT molecular complexity index is 273. The molecule has 8 heteroatoms. The van der Waals surface area contributed by atoms with Gasteiger partial charge >= 0.3 is 5.97 Å². The number of nitrogens with two attached hydrogens (primary N) is 1. The van der Waals surface area contributed by atoms with Crippen LogP contribution in [-0.4, -0.2) is 68.2 Å². The number of carboxylic acid groups (broad SMARTS) is 1. The molecule has 0 amide bonds. The normalized spacial score (nSPS) is 41.7. The molecule has 0 saturated carbocycles. The Morgan fingerprint density at radius 3 is 2.56 bits per heavy atom. The third kappa shape index (κ3) is 2.32. The number of aliphatic carboxylic acids is 1. The molecule has 7 N–H and O–H groups in total. The first-order valence-corrected chi connectivity index (χ1v) is 4.69. The number of carboxylic acids is 1. The number of hydrogen-bond acceptors (Lipinski definition) is 7. The van der Waals surface area contributed by atoms with Crippen molar-refractivity contribution in [3.63, 3.8) is 0 Å². The number of ether oxygens (including phenoxy) is 1. The van der Waals surface area contributed by atoms with Crippen LogP contribution in [0.5, 0.6) is 0 Å². The van der Waals surface area contributed by atoms with E-state index in [0.717, 1.165) is 0 Å². The van der Waals surface area contributed by atoms with Crippen molar-refractivity contribution in [2.24, 2.45) is 5.73 Å². The van der Waals surface area contributed by atoms with Crippen molar-refractivity contribution in [2.75, 3.05) is 6.54 Å². The summed E-state index contributed by atoms with van der Waals surface area (Å²) in [7, 11) is 0. The lowest BCUT2D eigenvalue weighted by atomic mass is 9.92. The van der Waals surface area contributed by atoms with Crippen LogP contribution in [-0.2, 0) is 9.53 Å². The first kappa shape index (κ1) is 13.3. The van der Waals surface area contributed by atoms with Gasteiger partial charge in [-0.1, -0.05) is 0 Å². The van der Waals surface area contributed by atoms with Crippen LogP contribution in [0.25, 0.3) is 0 Å². The fraction of sp³-hybridized carbons (Fsp3) is 0.875. The molecule has 94 valence electrons. The minimum absolute atomic E-state index is 0.301. The fourth-order valence-electron chi connectivity index (χ4n) is 1.54. The van der Waals surface area contributed by atoms with Crippen LogP contribution in [0.4, 0.5) is 0 Å². The van der Waals surface area contributed by atoms with Crippen molar-refractivity contribution < 1.29 is 35.1 Å².